The maximum atomic E-state index is 12.4. The summed E-state index contributed by atoms with van der Waals surface area (Å²) in [6.07, 6.45) is 0.523. The summed E-state index contributed by atoms with van der Waals surface area (Å²) in [7, 11) is 0. The van der Waals surface area contributed by atoms with E-state index >= 15 is 0 Å². The maximum Gasteiger partial charge on any atom is 0.303 e. The minimum absolute atomic E-state index is 0.124. The third kappa shape index (κ3) is 6.32. The Hall–Kier alpha value is -2.84. The van der Waals surface area contributed by atoms with E-state index in [1.165, 1.54) is 19.3 Å². The van der Waals surface area contributed by atoms with Crippen molar-refractivity contribution >= 4 is 23.5 Å². The van der Waals surface area contributed by atoms with E-state index in [-0.39, 0.29) is 23.7 Å². The van der Waals surface area contributed by atoms with Gasteiger partial charge >= 0.3 is 5.97 Å². The molecule has 0 N–H and O–H groups in total. The van der Waals surface area contributed by atoms with E-state index in [4.69, 9.17) is 25.5 Å². The lowest BCUT2D eigenvalue weighted by Gasteiger charge is -2.35. The third-order valence-corrected chi connectivity index (χ3v) is 5.32. The average molecular weight is 449 g/mol. The summed E-state index contributed by atoms with van der Waals surface area (Å²) in [5.74, 6) is -0.0445. The molecule has 0 spiro atoms. The number of esters is 1. The van der Waals surface area contributed by atoms with E-state index in [1.807, 2.05) is 18.2 Å². The summed E-state index contributed by atoms with van der Waals surface area (Å²) in [4.78, 5) is 39.5. The second kappa shape index (κ2) is 10.5. The summed E-state index contributed by atoms with van der Waals surface area (Å²) in [6.45, 7) is 5.72. The van der Waals surface area contributed by atoms with Crippen LogP contribution in [0.5, 0.6) is 5.75 Å². The van der Waals surface area contributed by atoms with E-state index < -0.39 is 12.1 Å². The van der Waals surface area contributed by atoms with Gasteiger partial charge in [0.1, 0.15) is 18.6 Å². The second-order valence-corrected chi connectivity index (χ2v) is 7.72. The van der Waals surface area contributed by atoms with Gasteiger partial charge in [-0.05, 0) is 13.0 Å². The van der Waals surface area contributed by atoms with Crippen LogP contribution in [0, 0.1) is 0 Å². The van der Waals surface area contributed by atoms with Crippen LogP contribution < -0.4 is 10.2 Å². The van der Waals surface area contributed by atoms with Gasteiger partial charge < -0.3 is 18.8 Å². The zero-order valence-corrected chi connectivity index (χ0v) is 18.3. The highest BCUT2D eigenvalue weighted by Gasteiger charge is 2.26. The van der Waals surface area contributed by atoms with Crippen molar-refractivity contribution < 1.29 is 23.5 Å². The van der Waals surface area contributed by atoms with E-state index in [0.717, 1.165) is 5.56 Å². The van der Waals surface area contributed by atoms with Gasteiger partial charge in [0.2, 0.25) is 11.2 Å². The quantitative estimate of drug-likeness (QED) is 0.601. The molecule has 1 saturated heterocycles. The number of carbonyl (C=O) groups excluding carboxylic acids is 2. The minimum atomic E-state index is -0.791. The summed E-state index contributed by atoms with van der Waals surface area (Å²) < 4.78 is 16.1. The normalized spacial score (nSPS) is 15.4. The van der Waals surface area contributed by atoms with Crippen molar-refractivity contribution in [3.63, 3.8) is 0 Å². The Morgan fingerprint density at radius 1 is 1.19 bits per heavy atom. The highest BCUT2D eigenvalue weighted by molar-refractivity contribution is 6.31. The summed E-state index contributed by atoms with van der Waals surface area (Å²) in [5.41, 5.74) is 0.514. The van der Waals surface area contributed by atoms with E-state index in [9.17, 15) is 14.4 Å². The molecule has 0 saturated carbocycles. The molecule has 1 fully saturated rings. The summed E-state index contributed by atoms with van der Waals surface area (Å²) in [5, 5.41) is 0.573. The third-order valence-electron chi connectivity index (χ3n) is 4.95. The molecule has 2 heterocycles. The Morgan fingerprint density at radius 2 is 1.90 bits per heavy atom. The van der Waals surface area contributed by atoms with Gasteiger partial charge in [-0.2, -0.15) is 0 Å². The molecule has 0 radical (unpaired) electrons. The first-order valence-electron chi connectivity index (χ1n) is 10.00. The van der Waals surface area contributed by atoms with Crippen LogP contribution in [-0.4, -0.2) is 54.0 Å². The number of amides is 1. The number of benzene rings is 1. The first kappa shape index (κ1) is 22.8. The summed E-state index contributed by atoms with van der Waals surface area (Å²) >= 11 is 6.10. The van der Waals surface area contributed by atoms with Crippen molar-refractivity contribution in [2.75, 3.05) is 26.2 Å². The molecular formula is C22H25ClN2O6. The van der Waals surface area contributed by atoms with Crippen molar-refractivity contribution in [1.82, 2.24) is 9.80 Å². The van der Waals surface area contributed by atoms with Gasteiger partial charge in [-0.1, -0.05) is 29.8 Å². The maximum absolute atomic E-state index is 12.4. The fourth-order valence-electron chi connectivity index (χ4n) is 3.30. The van der Waals surface area contributed by atoms with Crippen LogP contribution >= 0.6 is 11.6 Å². The monoisotopic (exact) mass is 448 g/mol. The number of ether oxygens (including phenoxy) is 2. The Bertz CT molecular complexity index is 984. The van der Waals surface area contributed by atoms with Gasteiger partial charge in [-0.25, -0.2) is 0 Å². The smallest absolute Gasteiger partial charge is 0.303 e. The lowest BCUT2D eigenvalue weighted by molar-refractivity contribution is -0.158. The molecule has 1 amide bonds. The molecule has 0 aliphatic carbocycles. The molecule has 8 nitrogen and oxygen atoms in total. The standard InChI is InChI=1S/C22H25ClN2O6/c1-15(31-16(2)26)22(28)25-9-7-24(8-10-25)12-18-11-20(27)21(14-29-18)30-13-17-5-3-4-6-19(17)23/h3-6,11,14-15H,7-10,12-13H2,1-2H3/t15-/m0/s1. The van der Waals surface area contributed by atoms with Gasteiger partial charge in [0.15, 0.2) is 6.10 Å². The number of rotatable bonds is 7. The molecule has 1 aliphatic heterocycles. The van der Waals surface area contributed by atoms with E-state index in [2.05, 4.69) is 4.90 Å². The van der Waals surface area contributed by atoms with Crippen LogP contribution in [0.2, 0.25) is 5.02 Å². The number of nitrogens with zero attached hydrogens (tertiary/aromatic N) is 2. The number of carbonyl (C=O) groups is 2. The van der Waals surface area contributed by atoms with Gasteiger partial charge in [-0.3, -0.25) is 19.3 Å². The van der Waals surface area contributed by atoms with Crippen LogP contribution in [0.4, 0.5) is 0 Å². The zero-order valence-electron chi connectivity index (χ0n) is 17.5. The first-order valence-corrected chi connectivity index (χ1v) is 10.4. The molecular weight excluding hydrogens is 424 g/mol. The van der Waals surface area contributed by atoms with Crippen LogP contribution in [0.25, 0.3) is 0 Å². The molecule has 2 aromatic rings. The highest BCUT2D eigenvalue weighted by atomic mass is 35.5. The highest BCUT2D eigenvalue weighted by Crippen LogP contribution is 2.17. The molecule has 1 aromatic heterocycles. The molecule has 3 rings (SSSR count). The Labute approximate surface area is 185 Å². The van der Waals surface area contributed by atoms with Gasteiger partial charge in [0.25, 0.3) is 5.91 Å². The number of halogens is 1. The topological polar surface area (TPSA) is 89.3 Å². The predicted molar refractivity (Wildman–Crippen MR) is 114 cm³/mol. The van der Waals surface area contributed by atoms with Crippen molar-refractivity contribution in [3.8, 4) is 5.75 Å². The second-order valence-electron chi connectivity index (χ2n) is 7.31. The Balaban J connectivity index is 1.50. The molecule has 1 aliphatic rings. The fraction of sp³-hybridized carbons (Fsp3) is 0.409. The van der Waals surface area contributed by atoms with Crippen LogP contribution in [0.15, 0.2) is 45.8 Å². The van der Waals surface area contributed by atoms with Gasteiger partial charge in [0, 0.05) is 49.8 Å². The van der Waals surface area contributed by atoms with Gasteiger partial charge in [0.05, 0.1) is 6.54 Å². The molecule has 0 bridgehead atoms. The van der Waals surface area contributed by atoms with E-state index in [0.29, 0.717) is 43.5 Å². The lowest BCUT2D eigenvalue weighted by atomic mass is 10.2. The summed E-state index contributed by atoms with van der Waals surface area (Å²) in [6, 6.07) is 8.68. The van der Waals surface area contributed by atoms with Crippen LogP contribution in [0.1, 0.15) is 25.2 Å². The molecule has 1 atom stereocenters. The Kier molecular flexibility index (Phi) is 7.70. The number of hydrogen-bond donors (Lipinski definition) is 0. The van der Waals surface area contributed by atoms with Crippen molar-refractivity contribution in [1.29, 1.82) is 0 Å². The number of piperazine rings is 1. The van der Waals surface area contributed by atoms with E-state index in [1.54, 1.807) is 17.9 Å². The van der Waals surface area contributed by atoms with Crippen LogP contribution in [-0.2, 0) is 27.5 Å². The average Bonchev–Trinajstić information content (AvgIpc) is 2.74. The first-order chi connectivity index (χ1) is 14.8. The predicted octanol–water partition coefficient (Wildman–Crippen LogP) is 2.47. The largest absolute Gasteiger partial charge is 0.482 e. The molecule has 1 aromatic carbocycles. The lowest BCUT2D eigenvalue weighted by Crippen LogP contribution is -2.51. The fourth-order valence-corrected chi connectivity index (χ4v) is 3.49. The molecule has 9 heteroatoms. The molecule has 0 unspecified atom stereocenters. The SMILES string of the molecule is CC(=O)O[C@@H](C)C(=O)N1CCN(Cc2cc(=O)c(OCc3ccccc3Cl)co2)CC1. The van der Waals surface area contributed by atoms with Crippen LogP contribution in [0.3, 0.4) is 0 Å². The van der Waals surface area contributed by atoms with Crippen molar-refractivity contribution in [2.45, 2.75) is 33.1 Å². The van der Waals surface area contributed by atoms with Gasteiger partial charge in [-0.15, -0.1) is 0 Å². The zero-order chi connectivity index (χ0) is 22.4. The Morgan fingerprint density at radius 3 is 2.55 bits per heavy atom. The van der Waals surface area contributed by atoms with Crippen molar-refractivity contribution in [2.24, 2.45) is 0 Å². The molecule has 31 heavy (non-hydrogen) atoms. The molecule has 166 valence electrons. The van der Waals surface area contributed by atoms with Crippen molar-refractivity contribution in [3.05, 3.63) is 63.2 Å². The minimum Gasteiger partial charge on any atom is -0.482 e. The number of hydrogen-bond acceptors (Lipinski definition) is 7.